The first-order valence-electron chi connectivity index (χ1n) is 9.07. The van der Waals surface area contributed by atoms with Gasteiger partial charge in [-0.05, 0) is 20.4 Å². The number of rotatable bonds is 6. The summed E-state index contributed by atoms with van der Waals surface area (Å²) >= 11 is 0. The van der Waals surface area contributed by atoms with Crippen LogP contribution in [0.4, 0.5) is 0 Å². The molecule has 1 aromatic heterocycles. The number of hydrogen-bond donors (Lipinski definition) is 0. The van der Waals surface area contributed by atoms with Gasteiger partial charge in [-0.2, -0.15) is 0 Å². The summed E-state index contributed by atoms with van der Waals surface area (Å²) in [6, 6.07) is 9.94. The number of nitrogens with zero attached hydrogens (tertiary/aromatic N) is 3. The number of carbonyl (C=O) groups excluding carboxylic acids is 1. The molecule has 6 nitrogen and oxygen atoms in total. The highest BCUT2D eigenvalue weighted by atomic mass is 16.5. The number of piperazine rings is 1. The quantitative estimate of drug-likeness (QED) is 0.739. The molecule has 1 aromatic carbocycles. The zero-order chi connectivity index (χ0) is 18.5. The van der Waals surface area contributed by atoms with Gasteiger partial charge in [-0.15, -0.1) is 0 Å². The molecule has 26 heavy (non-hydrogen) atoms. The molecule has 0 bridgehead atoms. The van der Waals surface area contributed by atoms with Crippen LogP contribution < -0.4 is 0 Å². The summed E-state index contributed by atoms with van der Waals surface area (Å²) in [4.78, 5) is 17.1. The number of methoxy groups -OCH3 is 1. The lowest BCUT2D eigenvalue weighted by Gasteiger charge is -2.34. The molecule has 3 rings (SSSR count). The van der Waals surface area contributed by atoms with Gasteiger partial charge in [0.1, 0.15) is 11.5 Å². The molecule has 140 valence electrons. The SMILES string of the molecule is COC(=O)C(Cc1c(-c2ccccc2)noc1C)CN1CCN(C)CC1. The van der Waals surface area contributed by atoms with Crippen LogP contribution in [0, 0.1) is 12.8 Å². The molecule has 0 N–H and O–H groups in total. The van der Waals surface area contributed by atoms with E-state index in [0.717, 1.165) is 48.8 Å². The fourth-order valence-corrected chi connectivity index (χ4v) is 3.43. The largest absolute Gasteiger partial charge is 0.469 e. The molecule has 1 saturated heterocycles. The fraction of sp³-hybridized carbons (Fsp3) is 0.500. The Balaban J connectivity index is 1.79. The van der Waals surface area contributed by atoms with Crippen molar-refractivity contribution in [1.82, 2.24) is 15.0 Å². The van der Waals surface area contributed by atoms with E-state index in [2.05, 4.69) is 22.0 Å². The number of hydrogen-bond acceptors (Lipinski definition) is 6. The van der Waals surface area contributed by atoms with E-state index in [1.165, 1.54) is 7.11 Å². The second-order valence-electron chi connectivity index (χ2n) is 6.96. The molecule has 6 heteroatoms. The molecule has 2 aromatic rings. The first-order valence-corrected chi connectivity index (χ1v) is 9.07. The predicted octanol–water partition coefficient (Wildman–Crippen LogP) is 2.23. The molecule has 1 aliphatic rings. The summed E-state index contributed by atoms with van der Waals surface area (Å²) in [5, 5.41) is 4.23. The lowest BCUT2D eigenvalue weighted by Crippen LogP contribution is -2.47. The van der Waals surface area contributed by atoms with Crippen LogP contribution in [0.1, 0.15) is 11.3 Å². The molecule has 1 aliphatic heterocycles. The van der Waals surface area contributed by atoms with Crippen LogP contribution in [0.25, 0.3) is 11.3 Å². The van der Waals surface area contributed by atoms with E-state index in [1.54, 1.807) is 0 Å². The fourth-order valence-electron chi connectivity index (χ4n) is 3.43. The number of benzene rings is 1. The van der Waals surface area contributed by atoms with Crippen LogP contribution in [0.2, 0.25) is 0 Å². The molecule has 0 spiro atoms. The maximum atomic E-state index is 12.4. The Kier molecular flexibility index (Phi) is 6.06. The van der Waals surface area contributed by atoms with Gasteiger partial charge in [0.15, 0.2) is 0 Å². The van der Waals surface area contributed by atoms with E-state index in [1.807, 2.05) is 37.3 Å². The van der Waals surface area contributed by atoms with Crippen LogP contribution >= 0.6 is 0 Å². The molecule has 1 fully saturated rings. The smallest absolute Gasteiger partial charge is 0.310 e. The molecule has 0 saturated carbocycles. The summed E-state index contributed by atoms with van der Waals surface area (Å²) in [6.07, 6.45) is 0.568. The summed E-state index contributed by atoms with van der Waals surface area (Å²) in [7, 11) is 3.58. The van der Waals surface area contributed by atoms with Crippen molar-refractivity contribution >= 4 is 5.97 Å². The maximum absolute atomic E-state index is 12.4. The maximum Gasteiger partial charge on any atom is 0.310 e. The third-order valence-electron chi connectivity index (χ3n) is 5.09. The van der Waals surface area contributed by atoms with Gasteiger partial charge in [-0.25, -0.2) is 0 Å². The Bertz CT molecular complexity index is 721. The van der Waals surface area contributed by atoms with Crippen molar-refractivity contribution in [3.05, 3.63) is 41.7 Å². The highest BCUT2D eigenvalue weighted by Gasteiger charge is 2.28. The van der Waals surface area contributed by atoms with Gasteiger partial charge in [0.2, 0.25) is 0 Å². The lowest BCUT2D eigenvalue weighted by atomic mass is 9.95. The highest BCUT2D eigenvalue weighted by Crippen LogP contribution is 2.28. The van der Waals surface area contributed by atoms with E-state index in [0.29, 0.717) is 13.0 Å². The third-order valence-corrected chi connectivity index (χ3v) is 5.09. The number of likely N-dealkylation sites (N-methyl/N-ethyl adjacent to an activating group) is 1. The van der Waals surface area contributed by atoms with Gasteiger partial charge >= 0.3 is 5.97 Å². The molecule has 0 amide bonds. The predicted molar refractivity (Wildman–Crippen MR) is 99.8 cm³/mol. The summed E-state index contributed by atoms with van der Waals surface area (Å²) in [5.74, 6) is 0.351. The van der Waals surface area contributed by atoms with Crippen molar-refractivity contribution < 1.29 is 14.1 Å². The Morgan fingerprint density at radius 3 is 2.58 bits per heavy atom. The molecule has 1 atom stereocenters. The first kappa shape index (κ1) is 18.6. The number of aryl methyl sites for hydroxylation is 1. The van der Waals surface area contributed by atoms with E-state index in [-0.39, 0.29) is 11.9 Å². The standard InChI is InChI=1S/C20H27N3O3/c1-15-18(19(21-26-15)16-7-5-4-6-8-16)13-17(20(24)25-3)14-23-11-9-22(2)10-12-23/h4-8,17H,9-14H2,1-3H3. The van der Waals surface area contributed by atoms with Crippen LogP contribution in [0.3, 0.4) is 0 Å². The second kappa shape index (κ2) is 8.47. The van der Waals surface area contributed by atoms with Gasteiger partial charge in [-0.3, -0.25) is 9.69 Å². The second-order valence-corrected chi connectivity index (χ2v) is 6.96. The number of esters is 1. The number of carbonyl (C=O) groups is 1. The van der Waals surface area contributed by atoms with Gasteiger partial charge in [0, 0.05) is 43.9 Å². The number of aromatic nitrogens is 1. The Morgan fingerprint density at radius 2 is 1.92 bits per heavy atom. The third kappa shape index (κ3) is 4.31. The minimum Gasteiger partial charge on any atom is -0.469 e. The van der Waals surface area contributed by atoms with Crippen LogP contribution in [0.15, 0.2) is 34.9 Å². The summed E-state index contributed by atoms with van der Waals surface area (Å²) in [6.45, 7) is 6.58. The molecular formula is C20H27N3O3. The van der Waals surface area contributed by atoms with Crippen LogP contribution in [-0.2, 0) is 16.0 Å². The van der Waals surface area contributed by atoms with E-state index < -0.39 is 0 Å². The lowest BCUT2D eigenvalue weighted by molar-refractivity contribution is -0.146. The van der Waals surface area contributed by atoms with Gasteiger partial charge in [0.25, 0.3) is 0 Å². The molecule has 0 radical (unpaired) electrons. The van der Waals surface area contributed by atoms with E-state index >= 15 is 0 Å². The van der Waals surface area contributed by atoms with E-state index in [9.17, 15) is 4.79 Å². The molecular weight excluding hydrogens is 330 g/mol. The zero-order valence-corrected chi connectivity index (χ0v) is 15.8. The van der Waals surface area contributed by atoms with Crippen molar-refractivity contribution in [2.45, 2.75) is 13.3 Å². The highest BCUT2D eigenvalue weighted by molar-refractivity contribution is 5.74. The Morgan fingerprint density at radius 1 is 1.23 bits per heavy atom. The molecule has 2 heterocycles. The minimum atomic E-state index is -0.232. The minimum absolute atomic E-state index is 0.177. The number of ether oxygens (including phenoxy) is 1. The molecule has 0 aliphatic carbocycles. The normalized spacial score (nSPS) is 17.2. The zero-order valence-electron chi connectivity index (χ0n) is 15.8. The Labute approximate surface area is 154 Å². The van der Waals surface area contributed by atoms with Gasteiger partial charge < -0.3 is 14.2 Å². The van der Waals surface area contributed by atoms with Crippen molar-refractivity contribution in [2.24, 2.45) is 5.92 Å². The van der Waals surface area contributed by atoms with Crippen LogP contribution in [0.5, 0.6) is 0 Å². The topological polar surface area (TPSA) is 58.8 Å². The summed E-state index contributed by atoms with van der Waals surface area (Å²) in [5.41, 5.74) is 2.80. The molecule has 1 unspecified atom stereocenters. The van der Waals surface area contributed by atoms with Crippen molar-refractivity contribution in [3.63, 3.8) is 0 Å². The summed E-state index contributed by atoms with van der Waals surface area (Å²) < 4.78 is 10.5. The Hall–Kier alpha value is -2.18. The van der Waals surface area contributed by atoms with Crippen molar-refractivity contribution in [2.75, 3.05) is 46.9 Å². The van der Waals surface area contributed by atoms with Gasteiger partial charge in [-0.1, -0.05) is 35.5 Å². The van der Waals surface area contributed by atoms with E-state index in [4.69, 9.17) is 9.26 Å². The first-order chi connectivity index (χ1) is 12.6. The average Bonchev–Trinajstić information content (AvgIpc) is 3.03. The van der Waals surface area contributed by atoms with Crippen LogP contribution in [-0.4, -0.2) is 67.8 Å². The van der Waals surface area contributed by atoms with Crippen molar-refractivity contribution in [3.8, 4) is 11.3 Å². The average molecular weight is 357 g/mol. The van der Waals surface area contributed by atoms with Crippen molar-refractivity contribution in [1.29, 1.82) is 0 Å². The monoisotopic (exact) mass is 357 g/mol. The van der Waals surface area contributed by atoms with Gasteiger partial charge in [0.05, 0.1) is 13.0 Å².